The summed E-state index contributed by atoms with van der Waals surface area (Å²) in [5.41, 5.74) is 1.40. The number of fused-ring (bicyclic) bond motifs is 1. The highest BCUT2D eigenvalue weighted by molar-refractivity contribution is 7.88. The molecule has 0 aliphatic carbocycles. The summed E-state index contributed by atoms with van der Waals surface area (Å²) in [6.07, 6.45) is 2.65. The van der Waals surface area contributed by atoms with Crippen molar-refractivity contribution >= 4 is 32.7 Å². The lowest BCUT2D eigenvalue weighted by Crippen LogP contribution is -2.42. The fraction of sp³-hybridized carbons (Fsp3) is 0.500. The number of morpholine rings is 1. The third-order valence-corrected chi connectivity index (χ3v) is 6.82. The first-order chi connectivity index (χ1) is 13.9. The molecule has 2 aromatic rings. The molecule has 3 heterocycles. The summed E-state index contributed by atoms with van der Waals surface area (Å²) in [5, 5.41) is 4.25. The van der Waals surface area contributed by atoms with Gasteiger partial charge in [0, 0.05) is 37.6 Å². The number of nitrogens with zero attached hydrogens (tertiary/aromatic N) is 3. The summed E-state index contributed by atoms with van der Waals surface area (Å²) in [4.78, 5) is 19.7. The summed E-state index contributed by atoms with van der Waals surface area (Å²) in [5.74, 6) is 0.639. The number of hydrogen-bond donors (Lipinski definition) is 1. The third-order valence-electron chi connectivity index (χ3n) is 5.52. The minimum atomic E-state index is -3.15. The number of para-hydroxylation sites is 1. The lowest BCUT2D eigenvalue weighted by molar-refractivity contribution is 0.0304. The monoisotopic (exact) mass is 418 g/mol. The molecular formula is C20H26N4O4S. The highest BCUT2D eigenvalue weighted by Crippen LogP contribution is 2.25. The van der Waals surface area contributed by atoms with E-state index in [-0.39, 0.29) is 11.9 Å². The molecule has 4 rings (SSSR count). The van der Waals surface area contributed by atoms with E-state index in [1.165, 1.54) is 10.6 Å². The van der Waals surface area contributed by atoms with Crippen LogP contribution in [0.5, 0.6) is 0 Å². The second-order valence-electron chi connectivity index (χ2n) is 7.56. The molecule has 0 unspecified atom stereocenters. The van der Waals surface area contributed by atoms with Crippen molar-refractivity contribution in [3.05, 3.63) is 35.9 Å². The van der Waals surface area contributed by atoms with E-state index in [1.54, 1.807) is 0 Å². The molecule has 0 bridgehead atoms. The van der Waals surface area contributed by atoms with Crippen molar-refractivity contribution in [3.8, 4) is 0 Å². The summed E-state index contributed by atoms with van der Waals surface area (Å²) in [6.45, 7) is 3.26. The predicted molar refractivity (Wildman–Crippen MR) is 112 cm³/mol. The van der Waals surface area contributed by atoms with E-state index < -0.39 is 10.0 Å². The van der Waals surface area contributed by atoms with Crippen molar-refractivity contribution in [2.45, 2.75) is 18.9 Å². The van der Waals surface area contributed by atoms with Crippen molar-refractivity contribution in [1.29, 1.82) is 0 Å². The molecule has 2 aliphatic heterocycles. The number of rotatable bonds is 4. The topological polar surface area (TPSA) is 91.8 Å². The Balaban J connectivity index is 1.57. The van der Waals surface area contributed by atoms with Crippen LogP contribution in [0.2, 0.25) is 0 Å². The molecular weight excluding hydrogens is 392 g/mol. The molecule has 1 aromatic heterocycles. The number of piperidine rings is 1. The van der Waals surface area contributed by atoms with Crippen LogP contribution in [0.3, 0.4) is 0 Å². The molecule has 0 radical (unpaired) electrons. The van der Waals surface area contributed by atoms with Crippen LogP contribution in [-0.4, -0.2) is 80.2 Å². The Morgan fingerprint density at radius 1 is 1.14 bits per heavy atom. The van der Waals surface area contributed by atoms with E-state index in [4.69, 9.17) is 4.74 Å². The molecule has 2 saturated heterocycles. The Morgan fingerprint density at radius 3 is 2.52 bits per heavy atom. The maximum absolute atomic E-state index is 13.2. The average Bonchev–Trinajstić information content (AvgIpc) is 2.73. The van der Waals surface area contributed by atoms with Gasteiger partial charge in [-0.25, -0.2) is 17.7 Å². The van der Waals surface area contributed by atoms with Gasteiger partial charge in [-0.1, -0.05) is 18.2 Å². The van der Waals surface area contributed by atoms with Crippen molar-refractivity contribution in [2.24, 2.45) is 0 Å². The molecule has 0 spiro atoms. The van der Waals surface area contributed by atoms with Gasteiger partial charge in [0.1, 0.15) is 5.82 Å². The lowest BCUT2D eigenvalue weighted by atomic mass is 10.1. The van der Waals surface area contributed by atoms with E-state index in [2.05, 4.69) is 10.3 Å². The van der Waals surface area contributed by atoms with E-state index >= 15 is 0 Å². The third kappa shape index (κ3) is 4.52. The SMILES string of the molecule is CS(=O)(=O)N1CCC(Nc2cc(C(=O)N3CCOCC3)c3ccccc3n2)CC1. The molecule has 0 atom stereocenters. The maximum Gasteiger partial charge on any atom is 0.254 e. The number of nitrogens with one attached hydrogen (secondary N) is 1. The Bertz CT molecular complexity index is 997. The molecule has 1 aromatic carbocycles. The van der Waals surface area contributed by atoms with Crippen LogP contribution < -0.4 is 5.32 Å². The van der Waals surface area contributed by atoms with Crippen LogP contribution in [0.15, 0.2) is 30.3 Å². The number of anilines is 1. The summed E-state index contributed by atoms with van der Waals surface area (Å²) >= 11 is 0. The molecule has 156 valence electrons. The molecule has 8 nitrogen and oxygen atoms in total. The van der Waals surface area contributed by atoms with Crippen LogP contribution in [0.4, 0.5) is 5.82 Å². The predicted octanol–water partition coefficient (Wildman–Crippen LogP) is 1.54. The zero-order valence-electron chi connectivity index (χ0n) is 16.5. The van der Waals surface area contributed by atoms with Gasteiger partial charge < -0.3 is 15.0 Å². The fourth-order valence-corrected chi connectivity index (χ4v) is 4.78. The first-order valence-corrected chi connectivity index (χ1v) is 11.7. The number of ether oxygens (including phenoxy) is 1. The van der Waals surface area contributed by atoms with E-state index in [1.807, 2.05) is 35.2 Å². The van der Waals surface area contributed by atoms with Crippen molar-refractivity contribution in [1.82, 2.24) is 14.2 Å². The Kier molecular flexibility index (Phi) is 5.71. The second-order valence-corrected chi connectivity index (χ2v) is 9.54. The van der Waals surface area contributed by atoms with Crippen LogP contribution in [0.25, 0.3) is 10.9 Å². The van der Waals surface area contributed by atoms with Crippen molar-refractivity contribution < 1.29 is 17.9 Å². The smallest absolute Gasteiger partial charge is 0.254 e. The molecule has 2 fully saturated rings. The largest absolute Gasteiger partial charge is 0.378 e. The minimum Gasteiger partial charge on any atom is -0.378 e. The first-order valence-electron chi connectivity index (χ1n) is 9.90. The molecule has 1 N–H and O–H groups in total. The number of sulfonamides is 1. The number of benzene rings is 1. The van der Waals surface area contributed by atoms with Gasteiger partial charge >= 0.3 is 0 Å². The van der Waals surface area contributed by atoms with Crippen LogP contribution in [0, 0.1) is 0 Å². The number of carbonyl (C=O) groups excluding carboxylic acids is 1. The summed E-state index contributed by atoms with van der Waals surface area (Å²) in [7, 11) is -3.15. The van der Waals surface area contributed by atoms with Crippen molar-refractivity contribution in [2.75, 3.05) is 51.0 Å². The van der Waals surface area contributed by atoms with Gasteiger partial charge in [0.05, 0.1) is 30.5 Å². The Labute approximate surface area is 170 Å². The Hall–Kier alpha value is -2.23. The Morgan fingerprint density at radius 2 is 1.83 bits per heavy atom. The maximum atomic E-state index is 13.2. The highest BCUT2D eigenvalue weighted by atomic mass is 32.2. The van der Waals surface area contributed by atoms with Crippen LogP contribution in [-0.2, 0) is 14.8 Å². The summed E-state index contributed by atoms with van der Waals surface area (Å²) in [6, 6.07) is 9.59. The first kappa shape index (κ1) is 20.1. The van der Waals surface area contributed by atoms with Crippen LogP contribution >= 0.6 is 0 Å². The minimum absolute atomic E-state index is 0.0122. The van der Waals surface area contributed by atoms with Gasteiger partial charge in [0.15, 0.2) is 0 Å². The molecule has 0 saturated carbocycles. The van der Waals surface area contributed by atoms with E-state index in [0.29, 0.717) is 63.6 Å². The molecule has 2 aliphatic rings. The normalized spacial score (nSPS) is 19.4. The lowest BCUT2D eigenvalue weighted by Gasteiger charge is -2.31. The van der Waals surface area contributed by atoms with Gasteiger partial charge in [-0.05, 0) is 25.0 Å². The zero-order valence-corrected chi connectivity index (χ0v) is 17.3. The molecule has 29 heavy (non-hydrogen) atoms. The number of aromatic nitrogens is 1. The van der Waals surface area contributed by atoms with Gasteiger partial charge in [-0.2, -0.15) is 0 Å². The van der Waals surface area contributed by atoms with Gasteiger partial charge in [0.25, 0.3) is 5.91 Å². The molecule has 9 heteroatoms. The summed E-state index contributed by atoms with van der Waals surface area (Å²) < 4.78 is 30.3. The number of hydrogen-bond acceptors (Lipinski definition) is 6. The number of pyridine rings is 1. The molecule has 1 amide bonds. The average molecular weight is 419 g/mol. The highest BCUT2D eigenvalue weighted by Gasteiger charge is 2.26. The quantitative estimate of drug-likeness (QED) is 0.810. The van der Waals surface area contributed by atoms with Gasteiger partial charge in [-0.15, -0.1) is 0 Å². The number of amides is 1. The van der Waals surface area contributed by atoms with Crippen LogP contribution in [0.1, 0.15) is 23.2 Å². The van der Waals surface area contributed by atoms with Gasteiger partial charge in [0.2, 0.25) is 10.0 Å². The van der Waals surface area contributed by atoms with Crippen molar-refractivity contribution in [3.63, 3.8) is 0 Å². The van der Waals surface area contributed by atoms with E-state index in [9.17, 15) is 13.2 Å². The van der Waals surface area contributed by atoms with Gasteiger partial charge in [-0.3, -0.25) is 4.79 Å². The fourth-order valence-electron chi connectivity index (χ4n) is 3.90. The number of carbonyl (C=O) groups is 1. The standard InChI is InChI=1S/C20H26N4O4S/c1-29(26,27)24-8-6-15(7-9-24)21-19-14-17(16-4-2-3-5-18(16)22-19)20(25)23-10-12-28-13-11-23/h2-5,14-15H,6-13H2,1H3,(H,21,22). The second kappa shape index (κ2) is 8.25. The van der Waals surface area contributed by atoms with E-state index in [0.717, 1.165) is 10.9 Å². The zero-order chi connectivity index (χ0) is 20.4.